The first kappa shape index (κ1) is 18.8. The number of pyridine rings is 1. The lowest BCUT2D eigenvalue weighted by Crippen LogP contribution is -2.31. The Morgan fingerprint density at radius 1 is 1.15 bits per heavy atom. The van der Waals surface area contributed by atoms with Gasteiger partial charge in [-0.05, 0) is 44.4 Å². The summed E-state index contributed by atoms with van der Waals surface area (Å²) in [5, 5.41) is 1.36. The van der Waals surface area contributed by atoms with E-state index in [9.17, 15) is 9.18 Å². The van der Waals surface area contributed by atoms with Crippen molar-refractivity contribution < 1.29 is 18.7 Å². The highest BCUT2D eigenvalue weighted by Crippen LogP contribution is 2.34. The lowest BCUT2D eigenvalue weighted by atomic mass is 9.85. The van der Waals surface area contributed by atoms with Crippen LogP contribution in [0.4, 0.5) is 4.39 Å². The van der Waals surface area contributed by atoms with Crippen LogP contribution in [0.1, 0.15) is 26.3 Å². The number of nitrogens with zero attached hydrogens (tertiary/aromatic N) is 1. The number of hydrogen-bond acceptors (Lipinski definition) is 4. The summed E-state index contributed by atoms with van der Waals surface area (Å²) in [4.78, 5) is 16.9. The first-order valence-electron chi connectivity index (χ1n) is 8.80. The maximum atomic E-state index is 14.1. The van der Waals surface area contributed by atoms with E-state index < -0.39 is 5.41 Å². The van der Waals surface area contributed by atoms with Gasteiger partial charge in [0.1, 0.15) is 5.82 Å². The van der Waals surface area contributed by atoms with Crippen LogP contribution < -0.4 is 4.74 Å². The minimum absolute atomic E-state index is 0.277. The Hall–Kier alpha value is -2.95. The molecule has 4 nitrogen and oxygen atoms in total. The quantitative estimate of drug-likeness (QED) is 0.603. The van der Waals surface area contributed by atoms with E-state index >= 15 is 0 Å². The van der Waals surface area contributed by atoms with Crippen LogP contribution in [0.3, 0.4) is 0 Å². The molecule has 3 aromatic rings. The van der Waals surface area contributed by atoms with Gasteiger partial charge in [-0.1, -0.05) is 30.3 Å². The van der Waals surface area contributed by atoms with E-state index in [0.717, 1.165) is 10.9 Å². The molecule has 0 bridgehead atoms. The molecule has 0 radical (unpaired) electrons. The molecule has 0 atom stereocenters. The highest BCUT2D eigenvalue weighted by Gasteiger charge is 2.35. The number of esters is 1. The van der Waals surface area contributed by atoms with Crippen LogP contribution in [0.15, 0.2) is 48.5 Å². The number of rotatable bonds is 5. The molecule has 0 saturated carbocycles. The summed E-state index contributed by atoms with van der Waals surface area (Å²) >= 11 is 0. The molecule has 1 aromatic heterocycles. The van der Waals surface area contributed by atoms with Gasteiger partial charge in [0, 0.05) is 16.5 Å². The third-order valence-corrected chi connectivity index (χ3v) is 4.64. The van der Waals surface area contributed by atoms with E-state index in [1.165, 1.54) is 13.2 Å². The SMILES string of the molecule is CCOC(=O)C(C)(C)c1ccc(-c2ccc3cccc(F)c3c2)nc1OC. The van der Waals surface area contributed by atoms with Crippen LogP contribution in [0.25, 0.3) is 22.0 Å². The Balaban J connectivity index is 2.07. The number of hydrogen-bond donors (Lipinski definition) is 0. The molecule has 27 heavy (non-hydrogen) atoms. The van der Waals surface area contributed by atoms with Crippen molar-refractivity contribution in [3.63, 3.8) is 0 Å². The van der Waals surface area contributed by atoms with E-state index in [-0.39, 0.29) is 11.8 Å². The minimum Gasteiger partial charge on any atom is -0.481 e. The zero-order valence-corrected chi connectivity index (χ0v) is 15.9. The molecular formula is C22H22FNO3. The fourth-order valence-corrected chi connectivity index (χ4v) is 3.05. The van der Waals surface area contributed by atoms with Crippen molar-refractivity contribution in [3.8, 4) is 17.1 Å². The standard InChI is InChI=1S/C22H22FNO3/c1-5-27-21(25)22(2,3)17-11-12-19(24-20(17)26-4)15-10-9-14-7-6-8-18(23)16(14)13-15/h6-13H,5H2,1-4H3. The largest absolute Gasteiger partial charge is 0.481 e. The van der Waals surface area contributed by atoms with E-state index in [0.29, 0.717) is 29.1 Å². The van der Waals surface area contributed by atoms with Crippen molar-refractivity contribution in [2.24, 2.45) is 0 Å². The Morgan fingerprint density at radius 3 is 2.63 bits per heavy atom. The molecule has 0 spiro atoms. The molecule has 0 saturated heterocycles. The number of carbonyl (C=O) groups excluding carboxylic acids is 1. The van der Waals surface area contributed by atoms with Crippen LogP contribution in [0, 0.1) is 5.82 Å². The van der Waals surface area contributed by atoms with Gasteiger partial charge in [-0.25, -0.2) is 9.37 Å². The molecule has 3 rings (SSSR count). The summed E-state index contributed by atoms with van der Waals surface area (Å²) in [6.07, 6.45) is 0. The smallest absolute Gasteiger partial charge is 0.316 e. The second-order valence-electron chi connectivity index (χ2n) is 6.77. The number of methoxy groups -OCH3 is 1. The number of ether oxygens (including phenoxy) is 2. The van der Waals surface area contributed by atoms with Crippen molar-refractivity contribution in [1.29, 1.82) is 0 Å². The van der Waals surface area contributed by atoms with Crippen molar-refractivity contribution >= 4 is 16.7 Å². The molecule has 2 aromatic carbocycles. The predicted octanol–water partition coefficient (Wildman–Crippen LogP) is 4.89. The van der Waals surface area contributed by atoms with Gasteiger partial charge in [0.15, 0.2) is 0 Å². The van der Waals surface area contributed by atoms with Gasteiger partial charge in [0.2, 0.25) is 5.88 Å². The normalized spacial score (nSPS) is 11.4. The van der Waals surface area contributed by atoms with Crippen molar-refractivity contribution in [1.82, 2.24) is 4.98 Å². The molecule has 0 aliphatic heterocycles. The van der Waals surface area contributed by atoms with Gasteiger partial charge in [-0.3, -0.25) is 4.79 Å². The zero-order chi connectivity index (χ0) is 19.6. The fourth-order valence-electron chi connectivity index (χ4n) is 3.05. The number of halogens is 1. The molecule has 1 heterocycles. The summed E-state index contributed by atoms with van der Waals surface area (Å²) in [6.45, 7) is 5.62. The van der Waals surface area contributed by atoms with Gasteiger partial charge in [0.25, 0.3) is 0 Å². The lowest BCUT2D eigenvalue weighted by Gasteiger charge is -2.24. The third kappa shape index (κ3) is 3.50. The Bertz CT molecular complexity index is 998. The van der Waals surface area contributed by atoms with Gasteiger partial charge in [-0.2, -0.15) is 0 Å². The lowest BCUT2D eigenvalue weighted by molar-refractivity contribution is -0.148. The third-order valence-electron chi connectivity index (χ3n) is 4.64. The second kappa shape index (κ2) is 7.35. The van der Waals surface area contributed by atoms with Crippen LogP contribution in [0.5, 0.6) is 5.88 Å². The van der Waals surface area contributed by atoms with Gasteiger partial charge >= 0.3 is 5.97 Å². The topological polar surface area (TPSA) is 48.4 Å². The molecule has 0 N–H and O–H groups in total. The number of benzene rings is 2. The summed E-state index contributed by atoms with van der Waals surface area (Å²) in [5.41, 5.74) is 1.15. The van der Waals surface area contributed by atoms with Crippen molar-refractivity contribution in [2.75, 3.05) is 13.7 Å². The maximum Gasteiger partial charge on any atom is 0.316 e. The Labute approximate surface area is 157 Å². The maximum absolute atomic E-state index is 14.1. The number of carbonyl (C=O) groups is 1. The van der Waals surface area contributed by atoms with E-state index in [2.05, 4.69) is 4.98 Å². The number of aromatic nitrogens is 1. The van der Waals surface area contributed by atoms with E-state index in [4.69, 9.17) is 9.47 Å². The average Bonchev–Trinajstić information content (AvgIpc) is 2.67. The molecule has 140 valence electrons. The summed E-state index contributed by atoms with van der Waals surface area (Å²) < 4.78 is 24.7. The van der Waals surface area contributed by atoms with Crippen LogP contribution >= 0.6 is 0 Å². The highest BCUT2D eigenvalue weighted by molar-refractivity contribution is 5.87. The van der Waals surface area contributed by atoms with Crippen LogP contribution in [-0.2, 0) is 14.9 Å². The second-order valence-corrected chi connectivity index (χ2v) is 6.77. The highest BCUT2D eigenvalue weighted by atomic mass is 19.1. The fraction of sp³-hybridized carbons (Fsp3) is 0.273. The molecule has 0 fully saturated rings. The van der Waals surface area contributed by atoms with Crippen LogP contribution in [0.2, 0.25) is 0 Å². The molecule has 0 unspecified atom stereocenters. The Kier molecular flexibility index (Phi) is 5.13. The summed E-state index contributed by atoms with van der Waals surface area (Å²) in [7, 11) is 1.51. The Morgan fingerprint density at radius 2 is 1.93 bits per heavy atom. The van der Waals surface area contributed by atoms with Gasteiger partial charge in [0.05, 0.1) is 24.8 Å². The first-order chi connectivity index (χ1) is 12.9. The van der Waals surface area contributed by atoms with Gasteiger partial charge in [-0.15, -0.1) is 0 Å². The van der Waals surface area contributed by atoms with E-state index in [1.54, 1.807) is 39.0 Å². The average molecular weight is 367 g/mol. The minimum atomic E-state index is -0.900. The molecule has 0 amide bonds. The molecule has 0 aliphatic carbocycles. The molecular weight excluding hydrogens is 345 g/mol. The predicted molar refractivity (Wildman–Crippen MR) is 103 cm³/mol. The zero-order valence-electron chi connectivity index (χ0n) is 15.9. The van der Waals surface area contributed by atoms with E-state index in [1.807, 2.05) is 24.3 Å². The van der Waals surface area contributed by atoms with Crippen LogP contribution in [-0.4, -0.2) is 24.7 Å². The van der Waals surface area contributed by atoms with Gasteiger partial charge < -0.3 is 9.47 Å². The van der Waals surface area contributed by atoms with Crippen molar-refractivity contribution in [3.05, 3.63) is 59.9 Å². The molecule has 0 aliphatic rings. The molecule has 5 heteroatoms. The summed E-state index contributed by atoms with van der Waals surface area (Å²) in [6, 6.07) is 14.1. The number of fused-ring (bicyclic) bond motifs is 1. The summed E-state index contributed by atoms with van der Waals surface area (Å²) in [5.74, 6) is -0.272. The first-order valence-corrected chi connectivity index (χ1v) is 8.80. The monoisotopic (exact) mass is 367 g/mol. The van der Waals surface area contributed by atoms with Crippen molar-refractivity contribution in [2.45, 2.75) is 26.2 Å².